The molecule has 1 saturated heterocycles. The van der Waals surface area contributed by atoms with Gasteiger partial charge in [-0.3, -0.25) is 0 Å². The average Bonchev–Trinajstić information content (AvgIpc) is 2.72. The number of ether oxygens (including phenoxy) is 1. The minimum atomic E-state index is -0.233. The number of hydrogen-bond acceptors (Lipinski definition) is 2. The lowest BCUT2D eigenvalue weighted by molar-refractivity contribution is 0.0126. The van der Waals surface area contributed by atoms with Crippen LogP contribution >= 0.6 is 0 Å². The number of benzene rings is 1. The van der Waals surface area contributed by atoms with Crippen LogP contribution in [-0.4, -0.2) is 43.8 Å². The number of urea groups is 1. The van der Waals surface area contributed by atoms with Crippen LogP contribution in [0.1, 0.15) is 24.8 Å². The monoisotopic (exact) mass is 306 g/mol. The first-order chi connectivity index (χ1) is 10.7. The van der Waals surface area contributed by atoms with Gasteiger partial charge in [-0.25, -0.2) is 9.18 Å². The van der Waals surface area contributed by atoms with Gasteiger partial charge < -0.3 is 15.0 Å². The van der Waals surface area contributed by atoms with Crippen molar-refractivity contribution in [3.63, 3.8) is 0 Å². The molecule has 22 heavy (non-hydrogen) atoms. The first-order valence-electron chi connectivity index (χ1n) is 8.02. The number of nitrogens with one attached hydrogen (secondary N) is 1. The molecule has 2 aliphatic rings. The van der Waals surface area contributed by atoms with Gasteiger partial charge in [0.25, 0.3) is 0 Å². The van der Waals surface area contributed by atoms with Crippen LogP contribution in [0.25, 0.3) is 0 Å². The molecule has 2 amide bonds. The number of carbonyl (C=O) groups is 1. The zero-order valence-electron chi connectivity index (χ0n) is 12.8. The Kier molecular flexibility index (Phi) is 4.62. The Hall–Kier alpha value is -1.62. The highest BCUT2D eigenvalue weighted by Gasteiger charge is 2.41. The molecule has 0 atom stereocenters. The SMILES string of the molecule is O=C(NCCc1ccc(F)cc1)N1CCOCC2(CCC2)C1. The van der Waals surface area contributed by atoms with E-state index in [1.165, 1.54) is 18.6 Å². The van der Waals surface area contributed by atoms with Crippen molar-refractivity contribution in [1.82, 2.24) is 10.2 Å². The largest absolute Gasteiger partial charge is 0.379 e. The van der Waals surface area contributed by atoms with Gasteiger partial charge in [-0.2, -0.15) is 0 Å². The Morgan fingerprint density at radius 2 is 2.09 bits per heavy atom. The Morgan fingerprint density at radius 3 is 2.77 bits per heavy atom. The van der Waals surface area contributed by atoms with Crippen molar-refractivity contribution in [1.29, 1.82) is 0 Å². The summed E-state index contributed by atoms with van der Waals surface area (Å²) in [6.45, 7) is 3.42. The van der Waals surface area contributed by atoms with E-state index in [2.05, 4.69) is 5.32 Å². The van der Waals surface area contributed by atoms with Crippen LogP contribution in [0.2, 0.25) is 0 Å². The second-order valence-corrected chi connectivity index (χ2v) is 6.44. The molecule has 1 aliphatic carbocycles. The number of hydrogen-bond donors (Lipinski definition) is 1. The van der Waals surface area contributed by atoms with Crippen molar-refractivity contribution in [3.8, 4) is 0 Å². The maximum absolute atomic E-state index is 12.8. The first-order valence-corrected chi connectivity index (χ1v) is 8.02. The predicted octanol–water partition coefficient (Wildman–Crippen LogP) is 2.58. The Labute approximate surface area is 130 Å². The summed E-state index contributed by atoms with van der Waals surface area (Å²) in [5.41, 5.74) is 1.22. The van der Waals surface area contributed by atoms with E-state index < -0.39 is 0 Å². The number of rotatable bonds is 3. The second kappa shape index (κ2) is 6.65. The standard InChI is InChI=1S/C17H23FN2O2/c18-15-4-2-14(3-5-15)6-9-19-16(21)20-10-11-22-13-17(12-20)7-1-8-17/h2-5H,1,6-13H2,(H,19,21). The third-order valence-electron chi connectivity index (χ3n) is 4.74. The highest BCUT2D eigenvalue weighted by molar-refractivity contribution is 5.74. The molecule has 1 heterocycles. The smallest absolute Gasteiger partial charge is 0.317 e. The Balaban J connectivity index is 1.47. The van der Waals surface area contributed by atoms with Gasteiger partial charge in [0.2, 0.25) is 0 Å². The molecule has 3 rings (SSSR count). The number of nitrogens with zero attached hydrogens (tertiary/aromatic N) is 1. The molecule has 4 nitrogen and oxygen atoms in total. The number of amides is 2. The lowest BCUT2D eigenvalue weighted by Crippen LogP contribution is -2.49. The van der Waals surface area contributed by atoms with Crippen LogP contribution < -0.4 is 5.32 Å². The lowest BCUT2D eigenvalue weighted by atomic mass is 9.69. The molecule has 0 radical (unpaired) electrons. The molecule has 1 aliphatic heterocycles. The quantitative estimate of drug-likeness (QED) is 0.932. The summed E-state index contributed by atoms with van der Waals surface area (Å²) in [4.78, 5) is 14.2. The van der Waals surface area contributed by atoms with Crippen molar-refractivity contribution >= 4 is 6.03 Å². The van der Waals surface area contributed by atoms with E-state index >= 15 is 0 Å². The van der Waals surface area contributed by atoms with E-state index in [9.17, 15) is 9.18 Å². The molecule has 1 spiro atoms. The molecule has 1 aromatic carbocycles. The Morgan fingerprint density at radius 1 is 1.32 bits per heavy atom. The zero-order valence-corrected chi connectivity index (χ0v) is 12.8. The van der Waals surface area contributed by atoms with Crippen LogP contribution in [0.3, 0.4) is 0 Å². The summed E-state index contributed by atoms with van der Waals surface area (Å²) in [5, 5.41) is 2.97. The molecular formula is C17H23FN2O2. The minimum Gasteiger partial charge on any atom is -0.379 e. The maximum Gasteiger partial charge on any atom is 0.317 e. The summed E-state index contributed by atoms with van der Waals surface area (Å²) < 4.78 is 18.5. The molecule has 0 unspecified atom stereocenters. The fourth-order valence-electron chi connectivity index (χ4n) is 3.22. The number of carbonyl (C=O) groups excluding carboxylic acids is 1. The third-order valence-corrected chi connectivity index (χ3v) is 4.74. The van der Waals surface area contributed by atoms with Gasteiger partial charge in [-0.1, -0.05) is 18.6 Å². The summed E-state index contributed by atoms with van der Waals surface area (Å²) >= 11 is 0. The summed E-state index contributed by atoms with van der Waals surface area (Å²) in [6, 6.07) is 6.39. The molecule has 1 aromatic rings. The van der Waals surface area contributed by atoms with Crippen LogP contribution in [0.5, 0.6) is 0 Å². The van der Waals surface area contributed by atoms with Gasteiger partial charge in [-0.15, -0.1) is 0 Å². The van der Waals surface area contributed by atoms with Crippen molar-refractivity contribution in [3.05, 3.63) is 35.6 Å². The Bertz CT molecular complexity index is 514. The van der Waals surface area contributed by atoms with E-state index in [1.807, 2.05) is 4.90 Å². The van der Waals surface area contributed by atoms with Crippen LogP contribution in [-0.2, 0) is 11.2 Å². The van der Waals surface area contributed by atoms with Crippen LogP contribution in [0, 0.1) is 11.2 Å². The topological polar surface area (TPSA) is 41.6 Å². The first kappa shape index (κ1) is 15.3. The third kappa shape index (κ3) is 3.58. The second-order valence-electron chi connectivity index (χ2n) is 6.44. The fraction of sp³-hybridized carbons (Fsp3) is 0.588. The summed E-state index contributed by atoms with van der Waals surface area (Å²) in [6.07, 6.45) is 4.27. The highest BCUT2D eigenvalue weighted by Crippen LogP contribution is 2.42. The van der Waals surface area contributed by atoms with Crippen LogP contribution in [0.15, 0.2) is 24.3 Å². The van der Waals surface area contributed by atoms with Gasteiger partial charge in [0.15, 0.2) is 0 Å². The van der Waals surface area contributed by atoms with E-state index in [4.69, 9.17) is 4.74 Å². The molecule has 5 heteroatoms. The predicted molar refractivity (Wildman–Crippen MR) is 82.2 cm³/mol. The average molecular weight is 306 g/mol. The van der Waals surface area contributed by atoms with Gasteiger partial charge in [0.05, 0.1) is 13.2 Å². The van der Waals surface area contributed by atoms with Crippen molar-refractivity contribution in [2.45, 2.75) is 25.7 Å². The van der Waals surface area contributed by atoms with E-state index in [-0.39, 0.29) is 17.3 Å². The molecule has 0 bridgehead atoms. The van der Waals surface area contributed by atoms with Crippen molar-refractivity contribution in [2.75, 3.05) is 32.8 Å². The molecular weight excluding hydrogens is 283 g/mol. The summed E-state index contributed by atoms with van der Waals surface area (Å²) in [5.74, 6) is -0.233. The summed E-state index contributed by atoms with van der Waals surface area (Å²) in [7, 11) is 0. The molecule has 0 aromatic heterocycles. The van der Waals surface area contributed by atoms with Gasteiger partial charge >= 0.3 is 6.03 Å². The molecule has 2 fully saturated rings. The minimum absolute atomic E-state index is 0.0149. The molecule has 1 N–H and O–H groups in total. The fourth-order valence-corrected chi connectivity index (χ4v) is 3.22. The zero-order chi connectivity index (χ0) is 15.4. The van der Waals surface area contributed by atoms with Crippen LogP contribution in [0.4, 0.5) is 9.18 Å². The van der Waals surface area contributed by atoms with Gasteiger partial charge in [-0.05, 0) is 37.0 Å². The van der Waals surface area contributed by atoms with E-state index in [0.717, 1.165) is 31.6 Å². The highest BCUT2D eigenvalue weighted by atomic mass is 19.1. The van der Waals surface area contributed by atoms with E-state index in [0.29, 0.717) is 26.1 Å². The van der Waals surface area contributed by atoms with Gasteiger partial charge in [0, 0.05) is 25.0 Å². The van der Waals surface area contributed by atoms with Crippen molar-refractivity contribution < 1.29 is 13.9 Å². The normalized spacial score (nSPS) is 20.3. The lowest BCUT2D eigenvalue weighted by Gasteiger charge is -2.42. The van der Waals surface area contributed by atoms with Gasteiger partial charge in [0.1, 0.15) is 5.82 Å². The number of halogens is 1. The van der Waals surface area contributed by atoms with E-state index in [1.54, 1.807) is 12.1 Å². The van der Waals surface area contributed by atoms with Crippen molar-refractivity contribution in [2.24, 2.45) is 5.41 Å². The molecule has 120 valence electrons. The molecule has 1 saturated carbocycles. The maximum atomic E-state index is 12.8.